The first-order chi connectivity index (χ1) is 12.3. The molecule has 1 fully saturated rings. The number of carbonyl (C=O) groups excluding carboxylic acids is 2. The van der Waals surface area contributed by atoms with E-state index in [2.05, 4.69) is 20.6 Å². The number of nitrogens with zero attached hydrogens (tertiary/aromatic N) is 1. The van der Waals surface area contributed by atoms with E-state index in [-0.39, 0.29) is 11.8 Å². The summed E-state index contributed by atoms with van der Waals surface area (Å²) in [4.78, 5) is 42.0. The molecule has 0 aromatic carbocycles. The van der Waals surface area contributed by atoms with Gasteiger partial charge in [0.2, 0.25) is 5.91 Å². The van der Waals surface area contributed by atoms with Crippen molar-refractivity contribution in [3.05, 3.63) is 11.9 Å². The van der Waals surface area contributed by atoms with Gasteiger partial charge in [0.05, 0.1) is 6.20 Å². The highest BCUT2D eigenvalue weighted by Crippen LogP contribution is 2.22. The zero-order chi connectivity index (χ0) is 19.3. The topological polar surface area (TPSA) is 163 Å². The van der Waals surface area contributed by atoms with E-state index in [1.807, 2.05) is 13.8 Å². The highest BCUT2D eigenvalue weighted by molar-refractivity contribution is 5.95. The number of rotatable bonds is 10. The van der Waals surface area contributed by atoms with Gasteiger partial charge in [-0.25, -0.2) is 9.78 Å². The number of hydrogen-bond acceptors (Lipinski definition) is 6. The van der Waals surface area contributed by atoms with E-state index in [0.717, 1.165) is 5.69 Å². The SMILES string of the molecule is CC(C)CC(NC(=O)C1OC1C(=O)O)C(=O)NCCCc1cnc(N)[nH]1. The van der Waals surface area contributed by atoms with E-state index < -0.39 is 30.1 Å². The number of nitrogens with two attached hydrogens (primary N) is 1. The summed E-state index contributed by atoms with van der Waals surface area (Å²) in [5.74, 6) is -1.54. The number of nitrogen functional groups attached to an aromatic ring is 1. The average Bonchev–Trinajstić information content (AvgIpc) is 3.27. The van der Waals surface area contributed by atoms with Gasteiger partial charge in [0.1, 0.15) is 6.04 Å². The van der Waals surface area contributed by atoms with Crippen LogP contribution >= 0.6 is 0 Å². The van der Waals surface area contributed by atoms with Crippen molar-refractivity contribution in [2.24, 2.45) is 5.92 Å². The lowest BCUT2D eigenvalue weighted by atomic mass is 10.0. The fourth-order valence-electron chi connectivity index (χ4n) is 2.57. The molecule has 0 saturated carbocycles. The first-order valence-electron chi connectivity index (χ1n) is 8.53. The van der Waals surface area contributed by atoms with Crippen LogP contribution in [0, 0.1) is 5.92 Å². The second-order valence-electron chi connectivity index (χ2n) is 6.69. The average molecular weight is 367 g/mol. The molecule has 1 saturated heterocycles. The van der Waals surface area contributed by atoms with Crippen LogP contribution in [0.15, 0.2) is 6.20 Å². The molecule has 1 aliphatic heterocycles. The van der Waals surface area contributed by atoms with Gasteiger partial charge in [0.25, 0.3) is 5.91 Å². The number of amides is 2. The minimum absolute atomic E-state index is 0.175. The Labute approximate surface area is 150 Å². The van der Waals surface area contributed by atoms with Crippen molar-refractivity contribution in [2.75, 3.05) is 12.3 Å². The van der Waals surface area contributed by atoms with Crippen LogP contribution in [0.2, 0.25) is 0 Å². The number of hydrogen-bond donors (Lipinski definition) is 5. The number of carboxylic acid groups (broad SMARTS) is 1. The number of H-pyrrole nitrogens is 1. The van der Waals surface area contributed by atoms with Gasteiger partial charge in [-0.3, -0.25) is 9.59 Å². The van der Waals surface area contributed by atoms with E-state index in [4.69, 9.17) is 15.6 Å². The van der Waals surface area contributed by atoms with Gasteiger partial charge in [0, 0.05) is 12.2 Å². The third-order valence-corrected chi connectivity index (χ3v) is 3.90. The Balaban J connectivity index is 1.78. The quantitative estimate of drug-likeness (QED) is 0.273. The number of epoxide rings is 1. The summed E-state index contributed by atoms with van der Waals surface area (Å²) < 4.78 is 4.81. The van der Waals surface area contributed by atoms with Crippen molar-refractivity contribution in [1.82, 2.24) is 20.6 Å². The molecular formula is C16H25N5O5. The highest BCUT2D eigenvalue weighted by Gasteiger charge is 2.51. The van der Waals surface area contributed by atoms with Crippen LogP contribution in [-0.2, 0) is 25.5 Å². The van der Waals surface area contributed by atoms with Crippen molar-refractivity contribution < 1.29 is 24.2 Å². The number of carbonyl (C=O) groups is 3. The molecule has 1 aromatic heterocycles. The maximum atomic E-state index is 12.4. The maximum absolute atomic E-state index is 12.4. The first-order valence-corrected chi connectivity index (χ1v) is 8.53. The summed E-state index contributed by atoms with van der Waals surface area (Å²) in [6.07, 6.45) is 1.30. The molecule has 26 heavy (non-hydrogen) atoms. The number of aliphatic carboxylic acids is 1. The minimum Gasteiger partial charge on any atom is -0.479 e. The molecule has 6 N–H and O–H groups in total. The Hall–Kier alpha value is -2.62. The van der Waals surface area contributed by atoms with Crippen LogP contribution in [0.4, 0.5) is 5.95 Å². The molecule has 1 aliphatic rings. The molecular weight excluding hydrogens is 342 g/mol. The predicted molar refractivity (Wildman–Crippen MR) is 92.0 cm³/mol. The van der Waals surface area contributed by atoms with E-state index >= 15 is 0 Å². The van der Waals surface area contributed by atoms with Gasteiger partial charge in [-0.05, 0) is 25.2 Å². The summed E-state index contributed by atoms with van der Waals surface area (Å²) in [6.45, 7) is 4.30. The third-order valence-electron chi connectivity index (χ3n) is 3.90. The second-order valence-corrected chi connectivity index (χ2v) is 6.69. The van der Waals surface area contributed by atoms with E-state index in [0.29, 0.717) is 31.8 Å². The monoisotopic (exact) mass is 367 g/mol. The summed E-state index contributed by atoms with van der Waals surface area (Å²) in [7, 11) is 0. The predicted octanol–water partition coefficient (Wildman–Crippen LogP) is -0.576. The molecule has 10 nitrogen and oxygen atoms in total. The van der Waals surface area contributed by atoms with Gasteiger partial charge >= 0.3 is 5.97 Å². The lowest BCUT2D eigenvalue weighted by Crippen LogP contribution is -2.49. The molecule has 0 aliphatic carbocycles. The first kappa shape index (κ1) is 19.7. The Morgan fingerprint density at radius 3 is 2.65 bits per heavy atom. The van der Waals surface area contributed by atoms with Crippen molar-refractivity contribution >= 4 is 23.7 Å². The molecule has 0 bridgehead atoms. The van der Waals surface area contributed by atoms with Gasteiger partial charge in [-0.15, -0.1) is 0 Å². The van der Waals surface area contributed by atoms with Gasteiger partial charge in [0.15, 0.2) is 18.2 Å². The van der Waals surface area contributed by atoms with Crippen molar-refractivity contribution in [3.8, 4) is 0 Å². The molecule has 2 rings (SSSR count). The fourth-order valence-corrected chi connectivity index (χ4v) is 2.57. The number of aryl methyl sites for hydroxylation is 1. The molecule has 10 heteroatoms. The zero-order valence-electron chi connectivity index (χ0n) is 14.8. The molecule has 3 atom stereocenters. The normalized spacial score (nSPS) is 19.8. The van der Waals surface area contributed by atoms with E-state index in [9.17, 15) is 14.4 Å². The molecule has 0 spiro atoms. The number of ether oxygens (including phenoxy) is 1. The van der Waals surface area contributed by atoms with Crippen LogP contribution in [0.5, 0.6) is 0 Å². The molecule has 3 unspecified atom stereocenters. The molecule has 0 radical (unpaired) electrons. The Bertz CT molecular complexity index is 659. The van der Waals surface area contributed by atoms with Gasteiger partial charge < -0.3 is 31.2 Å². The van der Waals surface area contributed by atoms with Gasteiger partial charge in [-0.2, -0.15) is 0 Å². The summed E-state index contributed by atoms with van der Waals surface area (Å²) in [6, 6.07) is -0.732. The third kappa shape index (κ3) is 5.73. The van der Waals surface area contributed by atoms with Crippen LogP contribution in [-0.4, -0.2) is 57.7 Å². The summed E-state index contributed by atoms with van der Waals surface area (Å²) >= 11 is 0. The second kappa shape index (κ2) is 8.65. The summed E-state index contributed by atoms with van der Waals surface area (Å²) in [5, 5.41) is 14.2. The molecule has 144 valence electrons. The molecule has 1 aromatic rings. The number of aromatic amines is 1. The van der Waals surface area contributed by atoms with Gasteiger partial charge in [-0.1, -0.05) is 13.8 Å². The lowest BCUT2D eigenvalue weighted by Gasteiger charge is -2.19. The van der Waals surface area contributed by atoms with Crippen molar-refractivity contribution in [3.63, 3.8) is 0 Å². The van der Waals surface area contributed by atoms with Crippen LogP contribution < -0.4 is 16.4 Å². The number of nitrogens with one attached hydrogen (secondary N) is 3. The Kier molecular flexibility index (Phi) is 6.56. The van der Waals surface area contributed by atoms with Crippen LogP contribution in [0.25, 0.3) is 0 Å². The number of aromatic nitrogens is 2. The minimum atomic E-state index is -1.19. The van der Waals surface area contributed by atoms with Crippen molar-refractivity contribution in [2.45, 2.75) is 51.4 Å². The number of carboxylic acids is 1. The standard InChI is InChI=1S/C16H25N5O5/c1-8(2)6-10(21-14(23)11-12(26-11)15(24)25)13(22)18-5-3-4-9-7-19-16(17)20-9/h7-8,10-12H,3-6H2,1-2H3,(H,18,22)(H,21,23)(H,24,25)(H3,17,19,20). The number of imidazole rings is 1. The fraction of sp³-hybridized carbons (Fsp3) is 0.625. The van der Waals surface area contributed by atoms with Crippen LogP contribution in [0.1, 0.15) is 32.4 Å². The highest BCUT2D eigenvalue weighted by atomic mass is 16.6. The molecule has 2 heterocycles. The Morgan fingerprint density at radius 2 is 2.12 bits per heavy atom. The van der Waals surface area contributed by atoms with E-state index in [1.165, 1.54) is 0 Å². The largest absolute Gasteiger partial charge is 0.479 e. The van der Waals surface area contributed by atoms with Crippen molar-refractivity contribution in [1.29, 1.82) is 0 Å². The Morgan fingerprint density at radius 1 is 1.38 bits per heavy atom. The van der Waals surface area contributed by atoms with Crippen LogP contribution in [0.3, 0.4) is 0 Å². The lowest BCUT2D eigenvalue weighted by molar-refractivity contribution is -0.138. The smallest absolute Gasteiger partial charge is 0.336 e. The zero-order valence-corrected chi connectivity index (χ0v) is 14.8. The number of anilines is 1. The van der Waals surface area contributed by atoms with E-state index in [1.54, 1.807) is 6.20 Å². The summed E-state index contributed by atoms with van der Waals surface area (Å²) in [5.41, 5.74) is 6.38. The maximum Gasteiger partial charge on any atom is 0.336 e. The molecule has 2 amide bonds.